The van der Waals surface area contributed by atoms with E-state index >= 15 is 0 Å². The summed E-state index contributed by atoms with van der Waals surface area (Å²) in [7, 11) is 0. The van der Waals surface area contributed by atoms with Gasteiger partial charge in [0.2, 0.25) is 5.28 Å². The molecule has 12 heavy (non-hydrogen) atoms. The van der Waals surface area contributed by atoms with Crippen LogP contribution in [0.15, 0.2) is 12.1 Å². The summed E-state index contributed by atoms with van der Waals surface area (Å²) in [5.74, 6) is 0. The van der Waals surface area contributed by atoms with E-state index in [1.54, 1.807) is 12.1 Å². The highest BCUT2D eigenvalue weighted by molar-refractivity contribution is 6.35. The number of hydrogen-bond donors (Lipinski definition) is 0. The van der Waals surface area contributed by atoms with Gasteiger partial charge in [0.1, 0.15) is 5.52 Å². The number of halogens is 2. The summed E-state index contributed by atoms with van der Waals surface area (Å²) < 4.78 is 0. The van der Waals surface area contributed by atoms with E-state index in [0.29, 0.717) is 11.0 Å². The Morgan fingerprint density at radius 2 is 2.08 bits per heavy atom. The summed E-state index contributed by atoms with van der Waals surface area (Å²) in [4.78, 5) is 11.5. The van der Waals surface area contributed by atoms with Gasteiger partial charge in [0.05, 0.1) is 11.7 Å². The minimum Gasteiger partial charge on any atom is -0.241 e. The predicted octanol–water partition coefficient (Wildman–Crippen LogP) is 2.13. The van der Waals surface area contributed by atoms with Gasteiger partial charge in [0, 0.05) is 0 Å². The zero-order chi connectivity index (χ0) is 8.55. The summed E-state index contributed by atoms with van der Waals surface area (Å²) in [5, 5.41) is 0.377. The lowest BCUT2D eigenvalue weighted by molar-refractivity contribution is 1.19. The molecule has 0 spiro atoms. The first kappa shape index (κ1) is 7.71. The van der Waals surface area contributed by atoms with Crippen LogP contribution < -0.4 is 0 Å². The summed E-state index contributed by atoms with van der Waals surface area (Å²) >= 11 is 11.3. The molecular weight excluding hydrogens is 197 g/mol. The second-order valence-corrected chi connectivity index (χ2v) is 2.79. The standard InChI is InChI=1S/C7H2Cl2N3/c8-6-5-4(2-1-3-10-5)11-7(9)12-6/h1-2H. The number of rotatable bonds is 0. The fourth-order valence-corrected chi connectivity index (χ4v) is 1.29. The van der Waals surface area contributed by atoms with Gasteiger partial charge in [-0.1, -0.05) is 11.6 Å². The van der Waals surface area contributed by atoms with Gasteiger partial charge in [-0.05, 0) is 23.7 Å². The molecule has 0 aliphatic carbocycles. The van der Waals surface area contributed by atoms with Crippen molar-refractivity contribution < 1.29 is 0 Å². The third-order valence-corrected chi connectivity index (χ3v) is 1.77. The van der Waals surface area contributed by atoms with E-state index < -0.39 is 0 Å². The Bertz CT molecular complexity index is 430. The Hall–Kier alpha value is -0.930. The summed E-state index contributed by atoms with van der Waals surface area (Å²) in [6.07, 6.45) is 2.64. The van der Waals surface area contributed by atoms with Crippen LogP contribution in [0.25, 0.3) is 11.0 Å². The summed E-state index contributed by atoms with van der Waals surface area (Å²) in [6.45, 7) is 0. The molecule has 2 heterocycles. The molecule has 0 N–H and O–H groups in total. The topological polar surface area (TPSA) is 38.7 Å². The van der Waals surface area contributed by atoms with Gasteiger partial charge in [-0.25, -0.2) is 15.0 Å². The first-order chi connectivity index (χ1) is 5.77. The van der Waals surface area contributed by atoms with Crippen molar-refractivity contribution in [3.63, 3.8) is 0 Å². The molecule has 0 amide bonds. The van der Waals surface area contributed by atoms with E-state index in [4.69, 9.17) is 23.2 Å². The van der Waals surface area contributed by atoms with Crippen LogP contribution in [0.4, 0.5) is 0 Å². The molecule has 0 bridgehead atoms. The number of fused-ring (bicyclic) bond motifs is 1. The second-order valence-electron chi connectivity index (χ2n) is 2.09. The lowest BCUT2D eigenvalue weighted by Crippen LogP contribution is -1.88. The van der Waals surface area contributed by atoms with Crippen LogP contribution in [0, 0.1) is 6.20 Å². The van der Waals surface area contributed by atoms with Gasteiger partial charge in [-0.15, -0.1) is 0 Å². The molecule has 3 nitrogen and oxygen atoms in total. The van der Waals surface area contributed by atoms with Crippen LogP contribution in [0.2, 0.25) is 10.4 Å². The highest BCUT2D eigenvalue weighted by Crippen LogP contribution is 2.18. The molecule has 59 valence electrons. The molecule has 0 saturated carbocycles. The molecule has 0 aliphatic rings. The molecule has 0 aromatic carbocycles. The highest BCUT2D eigenvalue weighted by Gasteiger charge is 2.03. The van der Waals surface area contributed by atoms with Gasteiger partial charge >= 0.3 is 0 Å². The van der Waals surface area contributed by atoms with Gasteiger partial charge < -0.3 is 0 Å². The monoisotopic (exact) mass is 198 g/mol. The molecule has 2 rings (SSSR count). The minimum absolute atomic E-state index is 0.125. The maximum atomic E-state index is 5.74. The SMILES string of the molecule is Clc1nc(Cl)c2n[c]ccc2n1. The summed E-state index contributed by atoms with van der Waals surface area (Å²) in [6, 6.07) is 3.36. The molecule has 2 aromatic heterocycles. The van der Waals surface area contributed by atoms with Gasteiger partial charge in [-0.3, -0.25) is 0 Å². The van der Waals surface area contributed by atoms with Crippen LogP contribution in [-0.4, -0.2) is 15.0 Å². The molecule has 5 heteroatoms. The minimum atomic E-state index is 0.125. The van der Waals surface area contributed by atoms with Gasteiger partial charge in [0.15, 0.2) is 5.15 Å². The Labute approximate surface area is 78.4 Å². The van der Waals surface area contributed by atoms with Crippen LogP contribution in [0.5, 0.6) is 0 Å². The third-order valence-electron chi connectivity index (χ3n) is 1.33. The molecule has 0 unspecified atom stereocenters. The normalized spacial score (nSPS) is 10.5. The van der Waals surface area contributed by atoms with E-state index in [2.05, 4.69) is 21.1 Å². The molecule has 0 fully saturated rings. The molecule has 0 saturated heterocycles. The maximum absolute atomic E-state index is 5.74. The quantitative estimate of drug-likeness (QED) is 0.481. The van der Waals surface area contributed by atoms with Crippen molar-refractivity contribution in [2.24, 2.45) is 0 Å². The maximum Gasteiger partial charge on any atom is 0.224 e. The van der Waals surface area contributed by atoms with Crippen molar-refractivity contribution in [2.45, 2.75) is 0 Å². The second kappa shape index (κ2) is 2.84. The van der Waals surface area contributed by atoms with E-state index in [1.807, 2.05) is 0 Å². The van der Waals surface area contributed by atoms with E-state index in [0.717, 1.165) is 0 Å². The molecule has 2 aromatic rings. The van der Waals surface area contributed by atoms with Crippen molar-refractivity contribution in [1.29, 1.82) is 0 Å². The smallest absolute Gasteiger partial charge is 0.224 e. The number of aromatic nitrogens is 3. The van der Waals surface area contributed by atoms with Crippen LogP contribution in [0.1, 0.15) is 0 Å². The van der Waals surface area contributed by atoms with E-state index in [-0.39, 0.29) is 10.4 Å². The zero-order valence-corrected chi connectivity index (χ0v) is 7.26. The van der Waals surface area contributed by atoms with Crippen molar-refractivity contribution in [2.75, 3.05) is 0 Å². The van der Waals surface area contributed by atoms with E-state index in [9.17, 15) is 0 Å². The fourth-order valence-electron chi connectivity index (χ4n) is 0.855. The Morgan fingerprint density at radius 1 is 1.25 bits per heavy atom. The lowest BCUT2D eigenvalue weighted by atomic mass is 10.4. The number of hydrogen-bond acceptors (Lipinski definition) is 3. The van der Waals surface area contributed by atoms with Gasteiger partial charge in [0.25, 0.3) is 0 Å². The van der Waals surface area contributed by atoms with E-state index in [1.165, 1.54) is 0 Å². The number of nitrogens with zero attached hydrogens (tertiary/aromatic N) is 3. The fraction of sp³-hybridized carbons (Fsp3) is 0. The molecular formula is C7H2Cl2N3. The molecule has 1 radical (unpaired) electrons. The third kappa shape index (κ3) is 1.21. The van der Waals surface area contributed by atoms with Gasteiger partial charge in [-0.2, -0.15) is 0 Å². The molecule has 0 aliphatic heterocycles. The average Bonchev–Trinajstić information content (AvgIpc) is 2.04. The molecule has 0 atom stereocenters. The van der Waals surface area contributed by atoms with Crippen LogP contribution in [-0.2, 0) is 0 Å². The van der Waals surface area contributed by atoms with Crippen molar-refractivity contribution >= 4 is 34.2 Å². The van der Waals surface area contributed by atoms with Crippen LogP contribution >= 0.6 is 23.2 Å². The lowest BCUT2D eigenvalue weighted by Gasteiger charge is -1.96. The van der Waals surface area contributed by atoms with Crippen molar-refractivity contribution in [3.8, 4) is 0 Å². The first-order valence-electron chi connectivity index (χ1n) is 3.13. The Balaban J connectivity index is 2.89. The Morgan fingerprint density at radius 3 is 2.92 bits per heavy atom. The zero-order valence-electron chi connectivity index (χ0n) is 5.75. The van der Waals surface area contributed by atoms with Crippen molar-refractivity contribution in [3.05, 3.63) is 28.8 Å². The first-order valence-corrected chi connectivity index (χ1v) is 3.89. The largest absolute Gasteiger partial charge is 0.241 e. The summed E-state index contributed by atoms with van der Waals surface area (Å²) in [5.41, 5.74) is 1.14. The van der Waals surface area contributed by atoms with Crippen molar-refractivity contribution in [1.82, 2.24) is 15.0 Å². The number of pyridine rings is 1. The van der Waals surface area contributed by atoms with Crippen LogP contribution in [0.3, 0.4) is 0 Å². The highest BCUT2D eigenvalue weighted by atomic mass is 35.5. The average molecular weight is 199 g/mol. The Kier molecular flexibility index (Phi) is 1.83. The predicted molar refractivity (Wildman–Crippen MR) is 46.2 cm³/mol.